The minimum absolute atomic E-state index is 0.608. The van der Waals surface area contributed by atoms with Crippen molar-refractivity contribution in [2.24, 2.45) is 0 Å². The minimum atomic E-state index is 0.608. The Labute approximate surface area is 124 Å². The van der Waals surface area contributed by atoms with E-state index in [2.05, 4.69) is 25.3 Å². The van der Waals surface area contributed by atoms with Crippen LogP contribution in [0, 0.1) is 13.8 Å². The van der Waals surface area contributed by atoms with E-state index in [9.17, 15) is 0 Å². The van der Waals surface area contributed by atoms with E-state index in [1.54, 1.807) is 0 Å². The third kappa shape index (κ3) is 3.31. The summed E-state index contributed by atoms with van der Waals surface area (Å²) in [5, 5.41) is 3.24. The Morgan fingerprint density at radius 2 is 1.52 bits per heavy atom. The summed E-state index contributed by atoms with van der Waals surface area (Å²) in [6, 6.07) is 9.85. The third-order valence-corrected chi connectivity index (χ3v) is 2.92. The number of para-hydroxylation sites is 1. The van der Waals surface area contributed by atoms with Gasteiger partial charge in [-0.25, -0.2) is 19.9 Å². The number of benzene rings is 1. The highest BCUT2D eigenvalue weighted by Gasteiger charge is 2.08. The molecule has 0 unspecified atom stereocenters. The molecule has 0 atom stereocenters. The summed E-state index contributed by atoms with van der Waals surface area (Å²) in [7, 11) is 0. The summed E-state index contributed by atoms with van der Waals surface area (Å²) in [4.78, 5) is 17.4. The average Bonchev–Trinajstić information content (AvgIpc) is 2.52. The highest BCUT2D eigenvalue weighted by molar-refractivity contribution is 5.84. The molecule has 0 saturated carbocycles. The topological polar surface area (TPSA) is 63.6 Å². The molecular weight excluding hydrogens is 262 g/mol. The first-order valence-corrected chi connectivity index (χ1v) is 7.02. The lowest BCUT2D eigenvalue weighted by molar-refractivity contribution is 1.06. The molecule has 0 fully saturated rings. The van der Waals surface area contributed by atoms with Gasteiger partial charge in [-0.05, 0) is 26.0 Å². The minimum Gasteiger partial charge on any atom is -0.338 e. The van der Waals surface area contributed by atoms with Crippen LogP contribution in [0.15, 0.2) is 36.7 Å². The van der Waals surface area contributed by atoms with Crippen LogP contribution in [-0.4, -0.2) is 19.9 Å². The van der Waals surface area contributed by atoms with Crippen LogP contribution in [0.2, 0.25) is 0 Å². The Morgan fingerprint density at radius 1 is 0.857 bits per heavy atom. The van der Waals surface area contributed by atoms with Gasteiger partial charge in [-0.3, -0.25) is 0 Å². The first-order chi connectivity index (χ1) is 10.2. The molecule has 5 nitrogen and oxygen atoms in total. The van der Waals surface area contributed by atoms with Crippen molar-refractivity contribution in [3.05, 3.63) is 48.0 Å². The maximum atomic E-state index is 4.52. The van der Waals surface area contributed by atoms with Crippen molar-refractivity contribution >= 4 is 22.7 Å². The maximum Gasteiger partial charge on any atom is 0.183 e. The molecule has 21 heavy (non-hydrogen) atoms. The van der Waals surface area contributed by atoms with Gasteiger partial charge in [0.2, 0.25) is 0 Å². The molecule has 0 amide bonds. The number of nitrogens with one attached hydrogen (secondary N) is 1. The SMILES string of the molecule is CC.Cc1nc2ncnc(Nc3ccccc3)c2nc1C. The van der Waals surface area contributed by atoms with Crippen molar-refractivity contribution in [1.29, 1.82) is 0 Å². The highest BCUT2D eigenvalue weighted by atomic mass is 15.1. The van der Waals surface area contributed by atoms with Gasteiger partial charge in [0.15, 0.2) is 17.0 Å². The molecule has 0 saturated heterocycles. The Balaban J connectivity index is 0.000000774. The monoisotopic (exact) mass is 281 g/mol. The zero-order valence-corrected chi connectivity index (χ0v) is 12.8. The van der Waals surface area contributed by atoms with Gasteiger partial charge in [0, 0.05) is 5.69 Å². The van der Waals surface area contributed by atoms with Gasteiger partial charge in [0.05, 0.1) is 11.4 Å². The van der Waals surface area contributed by atoms with Gasteiger partial charge < -0.3 is 5.32 Å². The van der Waals surface area contributed by atoms with Crippen molar-refractivity contribution in [3.8, 4) is 0 Å². The Kier molecular flexibility index (Phi) is 4.77. The summed E-state index contributed by atoms with van der Waals surface area (Å²) in [5.74, 6) is 0.673. The fourth-order valence-corrected chi connectivity index (χ4v) is 1.79. The largest absolute Gasteiger partial charge is 0.338 e. The molecule has 5 heteroatoms. The van der Waals surface area contributed by atoms with Gasteiger partial charge in [-0.15, -0.1) is 0 Å². The molecule has 108 valence electrons. The Morgan fingerprint density at radius 3 is 2.24 bits per heavy atom. The summed E-state index contributed by atoms with van der Waals surface area (Å²) >= 11 is 0. The van der Waals surface area contributed by atoms with E-state index in [4.69, 9.17) is 0 Å². The van der Waals surface area contributed by atoms with Gasteiger partial charge >= 0.3 is 0 Å². The first-order valence-electron chi connectivity index (χ1n) is 7.02. The Bertz CT molecular complexity index is 725. The molecule has 0 aliphatic carbocycles. The molecule has 0 spiro atoms. The van der Waals surface area contributed by atoms with Gasteiger partial charge in [0.1, 0.15) is 6.33 Å². The van der Waals surface area contributed by atoms with Crippen LogP contribution < -0.4 is 5.32 Å². The number of aryl methyl sites for hydroxylation is 2. The summed E-state index contributed by atoms with van der Waals surface area (Å²) in [6.07, 6.45) is 1.50. The van der Waals surface area contributed by atoms with Gasteiger partial charge in [-0.2, -0.15) is 0 Å². The van der Waals surface area contributed by atoms with Crippen molar-refractivity contribution in [3.63, 3.8) is 0 Å². The van der Waals surface area contributed by atoms with Gasteiger partial charge in [0.25, 0.3) is 0 Å². The molecule has 3 aromatic rings. The lowest BCUT2D eigenvalue weighted by Gasteiger charge is -2.08. The fraction of sp³-hybridized carbons (Fsp3) is 0.250. The van der Waals surface area contributed by atoms with Crippen LogP contribution in [0.1, 0.15) is 25.2 Å². The second-order valence-electron chi connectivity index (χ2n) is 4.28. The second-order valence-corrected chi connectivity index (χ2v) is 4.28. The highest BCUT2D eigenvalue weighted by Crippen LogP contribution is 2.20. The van der Waals surface area contributed by atoms with E-state index >= 15 is 0 Å². The van der Waals surface area contributed by atoms with E-state index in [0.717, 1.165) is 17.1 Å². The zero-order valence-electron chi connectivity index (χ0n) is 12.8. The van der Waals surface area contributed by atoms with E-state index in [1.165, 1.54) is 6.33 Å². The number of aromatic nitrogens is 4. The van der Waals surface area contributed by atoms with Crippen LogP contribution in [-0.2, 0) is 0 Å². The Hall–Kier alpha value is -2.56. The molecule has 2 aromatic heterocycles. The molecule has 2 heterocycles. The molecular formula is C16H19N5. The van der Waals surface area contributed by atoms with Crippen LogP contribution in [0.25, 0.3) is 11.2 Å². The van der Waals surface area contributed by atoms with Crippen molar-refractivity contribution < 1.29 is 0 Å². The summed E-state index contributed by atoms with van der Waals surface area (Å²) < 4.78 is 0. The number of anilines is 2. The predicted molar refractivity (Wildman–Crippen MR) is 85.7 cm³/mol. The number of nitrogens with zero attached hydrogens (tertiary/aromatic N) is 4. The molecule has 1 aromatic carbocycles. The predicted octanol–water partition coefficient (Wildman–Crippen LogP) is 3.81. The van der Waals surface area contributed by atoms with Crippen molar-refractivity contribution in [2.75, 3.05) is 5.32 Å². The zero-order chi connectivity index (χ0) is 15.2. The molecule has 0 radical (unpaired) electrons. The van der Waals surface area contributed by atoms with Gasteiger partial charge in [-0.1, -0.05) is 32.0 Å². The number of fused-ring (bicyclic) bond motifs is 1. The molecule has 0 aliphatic heterocycles. The van der Waals surface area contributed by atoms with Crippen molar-refractivity contribution in [1.82, 2.24) is 19.9 Å². The molecule has 0 bridgehead atoms. The van der Waals surface area contributed by atoms with Crippen LogP contribution >= 0.6 is 0 Å². The quantitative estimate of drug-likeness (QED) is 0.774. The lowest BCUT2D eigenvalue weighted by atomic mass is 10.3. The van der Waals surface area contributed by atoms with E-state index in [1.807, 2.05) is 58.0 Å². The third-order valence-electron chi connectivity index (χ3n) is 2.92. The smallest absolute Gasteiger partial charge is 0.183 e. The van der Waals surface area contributed by atoms with E-state index in [0.29, 0.717) is 17.0 Å². The second kappa shape index (κ2) is 6.74. The average molecular weight is 281 g/mol. The summed E-state index contributed by atoms with van der Waals surface area (Å²) in [5.41, 5.74) is 4.03. The van der Waals surface area contributed by atoms with Crippen LogP contribution in [0.4, 0.5) is 11.5 Å². The maximum absolute atomic E-state index is 4.52. The molecule has 3 rings (SSSR count). The van der Waals surface area contributed by atoms with Crippen LogP contribution in [0.5, 0.6) is 0 Å². The number of hydrogen-bond donors (Lipinski definition) is 1. The first kappa shape index (κ1) is 14.8. The van der Waals surface area contributed by atoms with Crippen LogP contribution in [0.3, 0.4) is 0 Å². The van der Waals surface area contributed by atoms with E-state index < -0.39 is 0 Å². The molecule has 0 aliphatic rings. The number of hydrogen-bond acceptors (Lipinski definition) is 5. The fourth-order valence-electron chi connectivity index (χ4n) is 1.79. The normalized spacial score (nSPS) is 9.90. The summed E-state index contributed by atoms with van der Waals surface area (Å²) in [6.45, 7) is 7.86. The molecule has 1 N–H and O–H groups in total. The standard InChI is InChI=1S/C14H13N5.C2H6/c1-9-10(2)18-13-12(17-9)14(16-8-15-13)19-11-6-4-3-5-7-11;1-2/h3-8H,1-2H3,(H,15,16,18,19);1-2H3. The van der Waals surface area contributed by atoms with E-state index in [-0.39, 0.29) is 0 Å². The van der Waals surface area contributed by atoms with Crippen molar-refractivity contribution in [2.45, 2.75) is 27.7 Å². The number of rotatable bonds is 2. The lowest BCUT2D eigenvalue weighted by Crippen LogP contribution is -2.01.